The molecule has 1 unspecified atom stereocenters. The Hall–Kier alpha value is -2.47. The van der Waals surface area contributed by atoms with Crippen molar-refractivity contribution in [2.24, 2.45) is 10.7 Å². The van der Waals surface area contributed by atoms with Gasteiger partial charge in [0.15, 0.2) is 11.9 Å². The second kappa shape index (κ2) is 5.87. The molecule has 1 aliphatic heterocycles. The topological polar surface area (TPSA) is 55.5 Å². The second-order valence-electron chi connectivity index (χ2n) is 5.75. The molecule has 124 valence electrons. The number of aliphatic imine (C=N–C) groups is 1. The summed E-state index contributed by atoms with van der Waals surface area (Å²) in [6.45, 7) is 1.85. The van der Waals surface area contributed by atoms with Gasteiger partial charge in [-0.15, -0.1) is 0 Å². The summed E-state index contributed by atoms with van der Waals surface area (Å²) in [4.78, 5) is 16.3. The molecule has 0 saturated carbocycles. The summed E-state index contributed by atoms with van der Waals surface area (Å²) in [7, 11) is 0. The number of carbonyl (C=O) groups excluding carboxylic acids is 1. The highest BCUT2D eigenvalue weighted by atomic mass is 19.4. The maximum absolute atomic E-state index is 13.0. The first-order valence-corrected chi connectivity index (χ1v) is 7.40. The molecule has 2 N–H and O–H groups in total. The van der Waals surface area contributed by atoms with Crippen molar-refractivity contribution >= 4 is 11.5 Å². The second-order valence-corrected chi connectivity index (χ2v) is 5.75. The number of alkyl halides is 3. The lowest BCUT2D eigenvalue weighted by Gasteiger charge is -2.13. The minimum atomic E-state index is -4.45. The van der Waals surface area contributed by atoms with Gasteiger partial charge in [-0.2, -0.15) is 13.2 Å². The molecule has 2 aromatic carbocycles. The number of aryl methyl sites for hydroxylation is 1. The van der Waals surface area contributed by atoms with Gasteiger partial charge >= 0.3 is 6.18 Å². The largest absolute Gasteiger partial charge is 0.416 e. The maximum atomic E-state index is 13.0. The zero-order valence-electron chi connectivity index (χ0n) is 12.9. The van der Waals surface area contributed by atoms with Crippen LogP contribution in [0.15, 0.2) is 47.5 Å². The van der Waals surface area contributed by atoms with Crippen LogP contribution in [-0.4, -0.2) is 17.7 Å². The van der Waals surface area contributed by atoms with E-state index in [1.54, 1.807) is 18.2 Å². The quantitative estimate of drug-likeness (QED) is 0.871. The van der Waals surface area contributed by atoms with Crippen LogP contribution in [-0.2, 0) is 17.4 Å². The Kier molecular flexibility index (Phi) is 4.01. The first-order chi connectivity index (χ1) is 11.3. The number of nitrogens with two attached hydrogens (primary N) is 1. The zero-order valence-corrected chi connectivity index (χ0v) is 12.9. The SMILES string of the molecule is Cc1cccc2c1CC(=O)C(N)N=C2c1cccc(C(F)(F)F)c1. The Morgan fingerprint density at radius 2 is 1.88 bits per heavy atom. The van der Waals surface area contributed by atoms with Crippen molar-refractivity contribution in [1.29, 1.82) is 0 Å². The average Bonchev–Trinajstić information content (AvgIpc) is 2.65. The van der Waals surface area contributed by atoms with Gasteiger partial charge in [0.05, 0.1) is 11.3 Å². The molecule has 0 amide bonds. The molecule has 1 heterocycles. The van der Waals surface area contributed by atoms with Crippen LogP contribution in [0.3, 0.4) is 0 Å². The molecule has 2 aromatic rings. The normalized spacial score (nSPS) is 18.0. The fraction of sp³-hybridized carbons (Fsp3) is 0.222. The molecule has 0 saturated heterocycles. The number of halogens is 3. The number of fused-ring (bicyclic) bond motifs is 1. The van der Waals surface area contributed by atoms with E-state index in [4.69, 9.17) is 5.73 Å². The molecule has 1 atom stereocenters. The summed E-state index contributed by atoms with van der Waals surface area (Å²) in [5, 5.41) is 0. The number of rotatable bonds is 1. The van der Waals surface area contributed by atoms with Crippen molar-refractivity contribution in [2.45, 2.75) is 25.7 Å². The van der Waals surface area contributed by atoms with Crippen molar-refractivity contribution < 1.29 is 18.0 Å². The zero-order chi connectivity index (χ0) is 17.5. The summed E-state index contributed by atoms with van der Waals surface area (Å²) < 4.78 is 39.0. The number of Topliss-reactive ketones (excluding diaryl/α,β-unsaturated/α-hetero) is 1. The van der Waals surface area contributed by atoms with Gasteiger partial charge in [-0.05, 0) is 30.2 Å². The lowest BCUT2D eigenvalue weighted by molar-refractivity contribution is -0.137. The minimum absolute atomic E-state index is 0.120. The van der Waals surface area contributed by atoms with E-state index in [-0.39, 0.29) is 12.2 Å². The average molecular weight is 332 g/mol. The third kappa shape index (κ3) is 2.97. The molecule has 1 aliphatic rings. The Bertz CT molecular complexity index is 840. The molecule has 0 fully saturated rings. The highest BCUT2D eigenvalue weighted by Gasteiger charge is 2.31. The fourth-order valence-corrected chi connectivity index (χ4v) is 2.79. The number of hydrogen-bond donors (Lipinski definition) is 1. The number of benzene rings is 2. The van der Waals surface area contributed by atoms with Crippen LogP contribution in [0.4, 0.5) is 13.2 Å². The van der Waals surface area contributed by atoms with E-state index in [1.807, 2.05) is 13.0 Å². The molecule has 0 bridgehead atoms. The molecule has 0 aliphatic carbocycles. The minimum Gasteiger partial charge on any atom is -0.303 e. The lowest BCUT2D eigenvalue weighted by Crippen LogP contribution is -2.29. The lowest BCUT2D eigenvalue weighted by atomic mass is 9.92. The van der Waals surface area contributed by atoms with Crippen LogP contribution in [0.25, 0.3) is 0 Å². The molecule has 3 rings (SSSR count). The van der Waals surface area contributed by atoms with Crippen molar-refractivity contribution in [1.82, 2.24) is 0 Å². The maximum Gasteiger partial charge on any atom is 0.416 e. The van der Waals surface area contributed by atoms with Crippen LogP contribution >= 0.6 is 0 Å². The summed E-state index contributed by atoms with van der Waals surface area (Å²) in [6.07, 6.45) is -5.41. The summed E-state index contributed by atoms with van der Waals surface area (Å²) in [6, 6.07) is 10.3. The highest BCUT2D eigenvalue weighted by molar-refractivity contribution is 6.16. The molecule has 3 nitrogen and oxygen atoms in total. The highest BCUT2D eigenvalue weighted by Crippen LogP contribution is 2.31. The summed E-state index contributed by atoms with van der Waals surface area (Å²) >= 11 is 0. The van der Waals surface area contributed by atoms with Crippen LogP contribution in [0.2, 0.25) is 0 Å². The molecule has 24 heavy (non-hydrogen) atoms. The third-order valence-corrected chi connectivity index (χ3v) is 4.08. The summed E-state index contributed by atoms with van der Waals surface area (Å²) in [5.41, 5.74) is 7.94. The van der Waals surface area contributed by atoms with Crippen LogP contribution < -0.4 is 5.73 Å². The van der Waals surface area contributed by atoms with Crippen LogP contribution in [0, 0.1) is 6.92 Å². The first-order valence-electron chi connectivity index (χ1n) is 7.40. The third-order valence-electron chi connectivity index (χ3n) is 4.08. The van der Waals surface area contributed by atoms with Crippen LogP contribution in [0.5, 0.6) is 0 Å². The van der Waals surface area contributed by atoms with E-state index in [9.17, 15) is 18.0 Å². The van der Waals surface area contributed by atoms with Crippen molar-refractivity contribution in [2.75, 3.05) is 0 Å². The van der Waals surface area contributed by atoms with Crippen molar-refractivity contribution in [3.8, 4) is 0 Å². The predicted octanol–water partition coefficient (Wildman–Crippen LogP) is 3.26. The van der Waals surface area contributed by atoms with Gasteiger partial charge < -0.3 is 5.73 Å². The first kappa shape index (κ1) is 16.4. The Labute approximate surface area is 137 Å². The predicted molar refractivity (Wildman–Crippen MR) is 84.9 cm³/mol. The van der Waals surface area contributed by atoms with Gasteiger partial charge in [-0.25, -0.2) is 0 Å². The van der Waals surface area contributed by atoms with Gasteiger partial charge in [0.1, 0.15) is 0 Å². The molecule has 6 heteroatoms. The number of ketones is 1. The summed E-state index contributed by atoms with van der Waals surface area (Å²) in [5.74, 6) is -0.257. The van der Waals surface area contributed by atoms with E-state index in [0.29, 0.717) is 16.8 Å². The van der Waals surface area contributed by atoms with Crippen LogP contribution in [0.1, 0.15) is 27.8 Å². The molecular formula is C18H15F3N2O. The van der Waals surface area contributed by atoms with Gasteiger partial charge in [0.2, 0.25) is 0 Å². The Morgan fingerprint density at radius 3 is 2.58 bits per heavy atom. The molecule has 0 radical (unpaired) electrons. The smallest absolute Gasteiger partial charge is 0.303 e. The van der Waals surface area contributed by atoms with Gasteiger partial charge in [0, 0.05) is 17.5 Å². The van der Waals surface area contributed by atoms with E-state index in [1.165, 1.54) is 6.07 Å². The molecule has 0 aromatic heterocycles. The van der Waals surface area contributed by atoms with E-state index < -0.39 is 17.9 Å². The van der Waals surface area contributed by atoms with Crippen molar-refractivity contribution in [3.63, 3.8) is 0 Å². The molecule has 0 spiro atoms. The van der Waals surface area contributed by atoms with Gasteiger partial charge in [0.25, 0.3) is 0 Å². The van der Waals surface area contributed by atoms with Crippen molar-refractivity contribution in [3.05, 3.63) is 70.3 Å². The molecular weight excluding hydrogens is 317 g/mol. The Balaban J connectivity index is 2.22. The van der Waals surface area contributed by atoms with Gasteiger partial charge in [-0.1, -0.05) is 30.3 Å². The van der Waals surface area contributed by atoms with Gasteiger partial charge in [-0.3, -0.25) is 9.79 Å². The fourth-order valence-electron chi connectivity index (χ4n) is 2.79. The number of hydrogen-bond acceptors (Lipinski definition) is 3. The standard InChI is InChI=1S/C18H15F3N2O/c1-10-4-2-7-13-14(10)9-15(24)17(22)23-16(13)11-5-3-6-12(8-11)18(19,20)21/h2-8,17H,9,22H2,1H3. The van der Waals surface area contributed by atoms with E-state index in [2.05, 4.69) is 4.99 Å². The Morgan fingerprint density at radius 1 is 1.17 bits per heavy atom. The number of carbonyl (C=O) groups is 1. The monoisotopic (exact) mass is 332 g/mol. The van der Waals surface area contributed by atoms with E-state index in [0.717, 1.165) is 23.3 Å². The van der Waals surface area contributed by atoms with E-state index >= 15 is 0 Å². The number of nitrogens with zero attached hydrogens (tertiary/aromatic N) is 1.